The lowest BCUT2D eigenvalue weighted by Crippen LogP contribution is -2.43. The van der Waals surface area contributed by atoms with Crippen molar-refractivity contribution in [3.63, 3.8) is 0 Å². The Hall–Kier alpha value is -0.620. The smallest absolute Gasteiger partial charge is 0.236 e. The van der Waals surface area contributed by atoms with E-state index in [1.807, 2.05) is 13.8 Å². The van der Waals surface area contributed by atoms with Crippen molar-refractivity contribution in [2.75, 3.05) is 25.6 Å². The molecule has 1 unspecified atom stereocenters. The number of sulfone groups is 1. The van der Waals surface area contributed by atoms with Crippen LogP contribution in [0.25, 0.3) is 0 Å². The summed E-state index contributed by atoms with van der Waals surface area (Å²) >= 11 is 0. The van der Waals surface area contributed by atoms with Crippen molar-refractivity contribution in [1.29, 1.82) is 0 Å². The van der Waals surface area contributed by atoms with Crippen LogP contribution in [-0.2, 0) is 14.6 Å². The Morgan fingerprint density at radius 1 is 1.31 bits per heavy atom. The maximum absolute atomic E-state index is 11.6. The summed E-state index contributed by atoms with van der Waals surface area (Å²) in [6, 6.07) is -0.0565. The molecule has 0 aromatic carbocycles. The molecule has 0 bridgehead atoms. The van der Waals surface area contributed by atoms with Gasteiger partial charge in [-0.1, -0.05) is 0 Å². The van der Waals surface area contributed by atoms with Crippen LogP contribution in [0.5, 0.6) is 0 Å². The van der Waals surface area contributed by atoms with Crippen LogP contribution in [0.4, 0.5) is 0 Å². The summed E-state index contributed by atoms with van der Waals surface area (Å²) in [5.41, 5.74) is 0. The van der Waals surface area contributed by atoms with E-state index >= 15 is 0 Å². The van der Waals surface area contributed by atoms with Crippen molar-refractivity contribution in [2.45, 2.75) is 32.9 Å². The highest BCUT2D eigenvalue weighted by molar-refractivity contribution is 7.90. The SMILES string of the molecule is CC(CS(C)(=O)=O)NCC(=O)N(C)C(C)C. The zero-order valence-electron chi connectivity index (χ0n) is 10.6. The zero-order chi connectivity index (χ0) is 12.9. The number of rotatable bonds is 6. The summed E-state index contributed by atoms with van der Waals surface area (Å²) in [5, 5.41) is 2.90. The molecule has 96 valence electrons. The van der Waals surface area contributed by atoms with Crippen LogP contribution in [-0.4, -0.2) is 56.9 Å². The average Bonchev–Trinajstić information content (AvgIpc) is 2.09. The maximum Gasteiger partial charge on any atom is 0.236 e. The van der Waals surface area contributed by atoms with Gasteiger partial charge in [-0.15, -0.1) is 0 Å². The maximum atomic E-state index is 11.6. The molecule has 0 aliphatic carbocycles. The van der Waals surface area contributed by atoms with E-state index in [1.54, 1.807) is 18.9 Å². The van der Waals surface area contributed by atoms with Gasteiger partial charge in [0, 0.05) is 25.4 Å². The molecule has 0 fully saturated rings. The van der Waals surface area contributed by atoms with Gasteiger partial charge in [0.2, 0.25) is 5.91 Å². The number of likely N-dealkylation sites (N-methyl/N-ethyl adjacent to an activating group) is 1. The van der Waals surface area contributed by atoms with Crippen LogP contribution >= 0.6 is 0 Å². The quantitative estimate of drug-likeness (QED) is 0.713. The normalized spacial score (nSPS) is 13.9. The van der Waals surface area contributed by atoms with Crippen molar-refractivity contribution in [2.24, 2.45) is 0 Å². The van der Waals surface area contributed by atoms with Gasteiger partial charge in [0.25, 0.3) is 0 Å². The molecule has 1 N–H and O–H groups in total. The number of carbonyl (C=O) groups is 1. The van der Waals surface area contributed by atoms with E-state index in [1.165, 1.54) is 6.26 Å². The second-order valence-corrected chi connectivity index (χ2v) is 6.66. The molecule has 0 aliphatic heterocycles. The Labute approximate surface area is 98.1 Å². The summed E-state index contributed by atoms with van der Waals surface area (Å²) in [6.07, 6.45) is 1.19. The van der Waals surface area contributed by atoms with Crippen molar-refractivity contribution in [3.05, 3.63) is 0 Å². The molecule has 0 saturated carbocycles. The highest BCUT2D eigenvalue weighted by atomic mass is 32.2. The van der Waals surface area contributed by atoms with Crippen LogP contribution < -0.4 is 5.32 Å². The van der Waals surface area contributed by atoms with Crippen LogP contribution in [0, 0.1) is 0 Å². The minimum Gasteiger partial charge on any atom is -0.342 e. The Balaban J connectivity index is 4.02. The number of amides is 1. The second kappa shape index (κ2) is 6.20. The number of hydrogen-bond acceptors (Lipinski definition) is 4. The summed E-state index contributed by atoms with van der Waals surface area (Å²) in [5.74, 6) is 0.0152. The second-order valence-electron chi connectivity index (χ2n) is 4.47. The van der Waals surface area contributed by atoms with Gasteiger partial charge in [0.1, 0.15) is 9.84 Å². The molecule has 6 heteroatoms. The summed E-state index contributed by atoms with van der Waals surface area (Å²) in [6.45, 7) is 5.78. The molecule has 0 radical (unpaired) electrons. The molecule has 0 heterocycles. The minimum atomic E-state index is -3.00. The molecule has 0 spiro atoms. The Bertz CT molecular complexity index is 325. The molecular formula is C10H22N2O3S. The van der Waals surface area contributed by atoms with E-state index in [0.29, 0.717) is 0 Å². The van der Waals surface area contributed by atoms with Crippen molar-refractivity contribution >= 4 is 15.7 Å². The molecule has 0 saturated heterocycles. The van der Waals surface area contributed by atoms with E-state index in [0.717, 1.165) is 0 Å². The Kier molecular flexibility index (Phi) is 5.96. The van der Waals surface area contributed by atoms with Gasteiger partial charge in [-0.3, -0.25) is 4.79 Å². The first-order chi connectivity index (χ1) is 7.13. The van der Waals surface area contributed by atoms with E-state index in [4.69, 9.17) is 0 Å². The standard InChI is InChI=1S/C10H22N2O3S/c1-8(2)12(4)10(13)6-11-9(3)7-16(5,14)15/h8-9,11H,6-7H2,1-5H3. The third kappa shape index (κ3) is 6.79. The fourth-order valence-corrected chi connectivity index (χ4v) is 2.21. The highest BCUT2D eigenvalue weighted by Gasteiger charge is 2.14. The van der Waals surface area contributed by atoms with Gasteiger partial charge in [-0.05, 0) is 20.8 Å². The monoisotopic (exact) mass is 250 g/mol. The Morgan fingerprint density at radius 2 is 1.81 bits per heavy atom. The molecule has 0 aromatic heterocycles. The van der Waals surface area contributed by atoms with Crippen molar-refractivity contribution in [3.8, 4) is 0 Å². The molecule has 0 aromatic rings. The lowest BCUT2D eigenvalue weighted by Gasteiger charge is -2.22. The van der Waals surface area contributed by atoms with E-state index in [-0.39, 0.29) is 30.3 Å². The molecule has 16 heavy (non-hydrogen) atoms. The number of carbonyl (C=O) groups excluding carboxylic acids is 1. The van der Waals surface area contributed by atoms with Crippen LogP contribution in [0.3, 0.4) is 0 Å². The number of hydrogen-bond donors (Lipinski definition) is 1. The molecule has 0 rings (SSSR count). The van der Waals surface area contributed by atoms with Gasteiger partial charge in [-0.2, -0.15) is 0 Å². The van der Waals surface area contributed by atoms with Crippen LogP contribution in [0.2, 0.25) is 0 Å². The first kappa shape index (κ1) is 15.4. The Morgan fingerprint density at radius 3 is 2.19 bits per heavy atom. The summed E-state index contributed by atoms with van der Waals surface area (Å²) in [7, 11) is -1.26. The summed E-state index contributed by atoms with van der Waals surface area (Å²) in [4.78, 5) is 13.2. The molecule has 0 aliphatic rings. The first-order valence-electron chi connectivity index (χ1n) is 5.30. The average molecular weight is 250 g/mol. The highest BCUT2D eigenvalue weighted by Crippen LogP contribution is 1.95. The van der Waals surface area contributed by atoms with E-state index in [2.05, 4.69) is 5.32 Å². The lowest BCUT2D eigenvalue weighted by molar-refractivity contribution is -0.130. The van der Waals surface area contributed by atoms with Crippen LogP contribution in [0.15, 0.2) is 0 Å². The topological polar surface area (TPSA) is 66.5 Å². The largest absolute Gasteiger partial charge is 0.342 e. The predicted octanol–water partition coefficient (Wildman–Crippen LogP) is -0.124. The lowest BCUT2D eigenvalue weighted by atomic mass is 10.3. The number of nitrogens with one attached hydrogen (secondary N) is 1. The minimum absolute atomic E-state index is 0.0321. The molecule has 5 nitrogen and oxygen atoms in total. The predicted molar refractivity (Wildman–Crippen MR) is 65.1 cm³/mol. The first-order valence-corrected chi connectivity index (χ1v) is 7.36. The van der Waals surface area contributed by atoms with E-state index < -0.39 is 9.84 Å². The van der Waals surface area contributed by atoms with Crippen molar-refractivity contribution in [1.82, 2.24) is 10.2 Å². The number of nitrogens with zero attached hydrogens (tertiary/aromatic N) is 1. The van der Waals surface area contributed by atoms with Gasteiger partial charge in [-0.25, -0.2) is 8.42 Å². The van der Waals surface area contributed by atoms with Gasteiger partial charge in [0.05, 0.1) is 12.3 Å². The molecule has 1 atom stereocenters. The third-order valence-corrected chi connectivity index (χ3v) is 3.43. The van der Waals surface area contributed by atoms with Gasteiger partial charge >= 0.3 is 0 Å². The molecule has 1 amide bonds. The zero-order valence-corrected chi connectivity index (χ0v) is 11.5. The van der Waals surface area contributed by atoms with Crippen LogP contribution in [0.1, 0.15) is 20.8 Å². The van der Waals surface area contributed by atoms with Crippen molar-refractivity contribution < 1.29 is 13.2 Å². The third-order valence-electron chi connectivity index (χ3n) is 2.32. The fraction of sp³-hybridized carbons (Fsp3) is 0.900. The molecular weight excluding hydrogens is 228 g/mol. The fourth-order valence-electron chi connectivity index (χ4n) is 1.19. The van der Waals surface area contributed by atoms with Gasteiger partial charge in [0.15, 0.2) is 0 Å². The summed E-state index contributed by atoms with van der Waals surface area (Å²) < 4.78 is 22.0. The van der Waals surface area contributed by atoms with E-state index in [9.17, 15) is 13.2 Å². The van der Waals surface area contributed by atoms with Gasteiger partial charge < -0.3 is 10.2 Å².